The van der Waals surface area contributed by atoms with Gasteiger partial charge in [-0.2, -0.15) is 0 Å². The molecule has 12 aromatic rings. The fourth-order valence-electron chi connectivity index (χ4n) is 9.81. The van der Waals surface area contributed by atoms with Gasteiger partial charge in [0.2, 0.25) is 0 Å². The van der Waals surface area contributed by atoms with E-state index in [1.807, 2.05) is 0 Å². The van der Waals surface area contributed by atoms with Gasteiger partial charge >= 0.3 is 0 Å². The van der Waals surface area contributed by atoms with Crippen molar-refractivity contribution >= 4 is 71.2 Å². The van der Waals surface area contributed by atoms with Crippen molar-refractivity contribution in [2.24, 2.45) is 0 Å². The molecule has 0 aliphatic heterocycles. The molecule has 0 atom stereocenters. The number of benzene rings is 11. The summed E-state index contributed by atoms with van der Waals surface area (Å²) in [6.45, 7) is 0. The van der Waals surface area contributed by atoms with E-state index in [-0.39, 0.29) is 0 Å². The SMILES string of the molecule is c1ccc(-c2c3ccccc3c(-c3ccc(N(c4ccccc4)c4ccc5c(c4)c4cc(-c6cccc7ccccc67)ccc4n5-c4ccccc4)cc3)c3ccccc23)cc1. The minimum atomic E-state index is 1.09. The first-order valence-corrected chi connectivity index (χ1v) is 21.3. The van der Waals surface area contributed by atoms with Crippen LogP contribution < -0.4 is 4.90 Å². The van der Waals surface area contributed by atoms with Crippen LogP contribution >= 0.6 is 0 Å². The zero-order valence-electron chi connectivity index (χ0n) is 34.0. The van der Waals surface area contributed by atoms with Crippen LogP contribution in [0.25, 0.3) is 93.2 Å². The molecule has 0 amide bonds. The Balaban J connectivity index is 1.04. The number of nitrogens with zero attached hydrogens (tertiary/aromatic N) is 2. The molecule has 0 radical (unpaired) electrons. The van der Waals surface area contributed by atoms with Gasteiger partial charge in [-0.15, -0.1) is 0 Å². The molecule has 0 aliphatic carbocycles. The van der Waals surface area contributed by atoms with Gasteiger partial charge in [0.15, 0.2) is 0 Å². The molecule has 2 nitrogen and oxygen atoms in total. The van der Waals surface area contributed by atoms with Crippen LogP contribution in [0.1, 0.15) is 0 Å². The van der Waals surface area contributed by atoms with Crippen molar-refractivity contribution in [3.05, 3.63) is 243 Å². The first kappa shape index (κ1) is 35.7. The largest absolute Gasteiger partial charge is 0.310 e. The van der Waals surface area contributed by atoms with Gasteiger partial charge in [0.1, 0.15) is 0 Å². The molecule has 0 saturated heterocycles. The standard InChI is InChI=1S/C60H40N2/c1-4-18-42(19-5-1)59-51-26-12-14-28-53(51)60(54-29-15-13-27-52(54)59)43-31-34-47(35-32-43)61(45-21-6-2-7-22-45)48-36-38-58-56(40-48)55-39-44(50-30-16-20-41-17-10-11-25-49(41)50)33-37-57(55)62(58)46-23-8-3-9-24-46/h1-40H. The maximum absolute atomic E-state index is 2.40. The van der Waals surface area contributed by atoms with Gasteiger partial charge in [0, 0.05) is 33.5 Å². The maximum Gasteiger partial charge on any atom is 0.0542 e. The van der Waals surface area contributed by atoms with E-state index in [0.29, 0.717) is 0 Å². The maximum atomic E-state index is 2.40. The predicted molar refractivity (Wildman–Crippen MR) is 264 cm³/mol. The van der Waals surface area contributed by atoms with E-state index in [0.717, 1.165) is 22.7 Å². The monoisotopic (exact) mass is 788 g/mol. The fraction of sp³-hybridized carbons (Fsp3) is 0. The highest BCUT2D eigenvalue weighted by Crippen LogP contribution is 2.46. The highest BCUT2D eigenvalue weighted by atomic mass is 15.1. The summed E-state index contributed by atoms with van der Waals surface area (Å²) < 4.78 is 2.40. The minimum absolute atomic E-state index is 1.09. The lowest BCUT2D eigenvalue weighted by Gasteiger charge is -2.26. The van der Waals surface area contributed by atoms with Gasteiger partial charge in [-0.3, -0.25) is 0 Å². The average molecular weight is 789 g/mol. The zero-order chi connectivity index (χ0) is 41.0. The third-order valence-corrected chi connectivity index (χ3v) is 12.5. The van der Waals surface area contributed by atoms with Crippen LogP contribution in [0.15, 0.2) is 243 Å². The Hall–Kier alpha value is -8.20. The van der Waals surface area contributed by atoms with Crippen molar-refractivity contribution in [1.82, 2.24) is 4.57 Å². The molecule has 62 heavy (non-hydrogen) atoms. The Labute approximate surface area is 360 Å². The summed E-state index contributed by atoms with van der Waals surface area (Å²) in [5.74, 6) is 0. The lowest BCUT2D eigenvalue weighted by atomic mass is 9.86. The number of para-hydroxylation sites is 2. The topological polar surface area (TPSA) is 8.17 Å². The Morgan fingerprint density at radius 2 is 0.726 bits per heavy atom. The molecule has 1 aromatic heterocycles. The molecule has 11 aromatic carbocycles. The van der Waals surface area contributed by atoms with Crippen LogP contribution in [0.4, 0.5) is 17.1 Å². The molecule has 0 N–H and O–H groups in total. The van der Waals surface area contributed by atoms with Crippen molar-refractivity contribution in [2.75, 3.05) is 4.90 Å². The second-order valence-electron chi connectivity index (χ2n) is 16.1. The summed E-state index contributed by atoms with van der Waals surface area (Å²) in [6.07, 6.45) is 0. The number of aromatic nitrogens is 1. The van der Waals surface area contributed by atoms with E-state index in [2.05, 4.69) is 252 Å². The lowest BCUT2D eigenvalue weighted by Crippen LogP contribution is -2.09. The Bertz CT molecular complexity index is 3540. The first-order valence-electron chi connectivity index (χ1n) is 21.3. The summed E-state index contributed by atoms with van der Waals surface area (Å²) in [7, 11) is 0. The second kappa shape index (κ2) is 14.8. The van der Waals surface area contributed by atoms with Crippen molar-refractivity contribution in [3.8, 4) is 39.1 Å². The molecule has 0 aliphatic rings. The lowest BCUT2D eigenvalue weighted by molar-refractivity contribution is 1.18. The number of rotatable bonds is 7. The molecule has 12 rings (SSSR count). The van der Waals surface area contributed by atoms with Crippen LogP contribution in [-0.2, 0) is 0 Å². The Morgan fingerprint density at radius 3 is 1.37 bits per heavy atom. The molecule has 290 valence electrons. The molecule has 0 unspecified atom stereocenters. The first-order chi connectivity index (χ1) is 30.8. The van der Waals surface area contributed by atoms with Gasteiger partial charge < -0.3 is 9.47 Å². The van der Waals surface area contributed by atoms with Crippen molar-refractivity contribution < 1.29 is 0 Å². The van der Waals surface area contributed by atoms with Crippen molar-refractivity contribution in [1.29, 1.82) is 0 Å². The molecular weight excluding hydrogens is 749 g/mol. The van der Waals surface area contributed by atoms with Crippen LogP contribution in [0, 0.1) is 0 Å². The van der Waals surface area contributed by atoms with Crippen LogP contribution in [0.5, 0.6) is 0 Å². The number of hydrogen-bond acceptors (Lipinski definition) is 1. The van der Waals surface area contributed by atoms with Gasteiger partial charge in [0.05, 0.1) is 11.0 Å². The molecular formula is C60H40N2. The normalized spacial score (nSPS) is 11.5. The third-order valence-electron chi connectivity index (χ3n) is 12.5. The summed E-state index contributed by atoms with van der Waals surface area (Å²) in [5.41, 5.74) is 14.2. The van der Waals surface area contributed by atoms with Gasteiger partial charge in [-0.25, -0.2) is 0 Å². The quantitative estimate of drug-likeness (QED) is 0.146. The van der Waals surface area contributed by atoms with E-state index in [4.69, 9.17) is 0 Å². The van der Waals surface area contributed by atoms with Gasteiger partial charge in [-0.1, -0.05) is 176 Å². The second-order valence-corrected chi connectivity index (χ2v) is 16.1. The van der Waals surface area contributed by atoms with Gasteiger partial charge in [-0.05, 0) is 132 Å². The summed E-state index contributed by atoms with van der Waals surface area (Å²) >= 11 is 0. The van der Waals surface area contributed by atoms with Crippen LogP contribution in [-0.4, -0.2) is 4.57 Å². The average Bonchev–Trinajstić information content (AvgIpc) is 3.67. The van der Waals surface area contributed by atoms with E-state index in [1.54, 1.807) is 0 Å². The summed E-state index contributed by atoms with van der Waals surface area (Å²) in [5, 5.41) is 9.95. The Kier molecular flexibility index (Phi) is 8.53. The highest BCUT2D eigenvalue weighted by Gasteiger charge is 2.20. The van der Waals surface area contributed by atoms with Crippen molar-refractivity contribution in [2.45, 2.75) is 0 Å². The molecule has 0 bridgehead atoms. The summed E-state index contributed by atoms with van der Waals surface area (Å²) in [6, 6.07) is 88.4. The number of anilines is 3. The van der Waals surface area contributed by atoms with Crippen LogP contribution in [0.3, 0.4) is 0 Å². The smallest absolute Gasteiger partial charge is 0.0542 e. The van der Waals surface area contributed by atoms with E-state index < -0.39 is 0 Å². The summed E-state index contributed by atoms with van der Waals surface area (Å²) in [4.78, 5) is 2.39. The van der Waals surface area contributed by atoms with Crippen molar-refractivity contribution in [3.63, 3.8) is 0 Å². The molecule has 0 saturated carbocycles. The fourth-order valence-corrected chi connectivity index (χ4v) is 9.81. The number of fused-ring (bicyclic) bond motifs is 6. The molecule has 2 heteroatoms. The van der Waals surface area contributed by atoms with E-state index >= 15 is 0 Å². The molecule has 1 heterocycles. The predicted octanol–water partition coefficient (Wildman–Crippen LogP) is 16.7. The third kappa shape index (κ3) is 5.88. The van der Waals surface area contributed by atoms with E-state index in [1.165, 1.54) is 87.5 Å². The minimum Gasteiger partial charge on any atom is -0.310 e. The number of hydrogen-bond donors (Lipinski definition) is 0. The highest BCUT2D eigenvalue weighted by molar-refractivity contribution is 6.21. The molecule has 0 spiro atoms. The van der Waals surface area contributed by atoms with E-state index in [9.17, 15) is 0 Å². The van der Waals surface area contributed by atoms with Gasteiger partial charge in [0.25, 0.3) is 0 Å². The Morgan fingerprint density at radius 1 is 0.274 bits per heavy atom. The molecule has 0 fully saturated rings. The zero-order valence-corrected chi connectivity index (χ0v) is 34.0. The van der Waals surface area contributed by atoms with Crippen LogP contribution in [0.2, 0.25) is 0 Å².